The summed E-state index contributed by atoms with van der Waals surface area (Å²) in [7, 11) is 0. The van der Waals surface area contributed by atoms with Gasteiger partial charge in [0.05, 0.1) is 11.7 Å². The van der Waals surface area contributed by atoms with E-state index in [1.807, 2.05) is 13.8 Å². The first-order chi connectivity index (χ1) is 8.06. The molecule has 1 nitrogen and oxygen atoms in total. The number of halogens is 3. The van der Waals surface area contributed by atoms with Crippen LogP contribution in [0.4, 0.5) is 13.2 Å². The van der Waals surface area contributed by atoms with E-state index in [2.05, 4.69) is 0 Å². The first-order valence-corrected chi connectivity index (χ1v) is 6.21. The van der Waals surface area contributed by atoms with Crippen LogP contribution in [0.2, 0.25) is 0 Å². The summed E-state index contributed by atoms with van der Waals surface area (Å²) < 4.78 is 45.0. The summed E-state index contributed by atoms with van der Waals surface area (Å²) in [6.45, 7) is 8.75. The Kier molecular flexibility index (Phi) is 4.31. The number of allylic oxidation sites excluding steroid dienone is 2. The van der Waals surface area contributed by atoms with Gasteiger partial charge in [-0.15, -0.1) is 0 Å². The predicted octanol–water partition coefficient (Wildman–Crippen LogP) is 4.50. The summed E-state index contributed by atoms with van der Waals surface area (Å²) in [5, 5.41) is 0. The van der Waals surface area contributed by atoms with Crippen LogP contribution < -0.4 is 0 Å². The van der Waals surface area contributed by atoms with Gasteiger partial charge in [0.1, 0.15) is 5.92 Å². The maximum atomic E-state index is 13.2. The highest BCUT2D eigenvalue weighted by atomic mass is 19.4. The number of rotatable bonds is 3. The van der Waals surface area contributed by atoms with Gasteiger partial charge in [0.2, 0.25) is 0 Å². The second-order valence-corrected chi connectivity index (χ2v) is 5.52. The standard InChI is InChI=1S/C14H21F3O/c1-9(2)11-6-7-13(5,18-10(3)4)12(8-11)14(15,16)17/h6-10,12H,1-5H3. The zero-order valence-corrected chi connectivity index (χ0v) is 11.5. The van der Waals surface area contributed by atoms with Crippen LogP contribution in [0.3, 0.4) is 0 Å². The summed E-state index contributed by atoms with van der Waals surface area (Å²) >= 11 is 0. The van der Waals surface area contributed by atoms with Crippen molar-refractivity contribution in [1.29, 1.82) is 0 Å². The molecule has 0 aliphatic heterocycles. The van der Waals surface area contributed by atoms with Crippen molar-refractivity contribution in [2.75, 3.05) is 0 Å². The van der Waals surface area contributed by atoms with Crippen LogP contribution in [0.15, 0.2) is 23.8 Å². The molecule has 0 aromatic carbocycles. The molecule has 1 aliphatic carbocycles. The molecule has 0 N–H and O–H groups in total. The van der Waals surface area contributed by atoms with E-state index in [1.165, 1.54) is 13.0 Å². The van der Waals surface area contributed by atoms with Gasteiger partial charge in [0.15, 0.2) is 0 Å². The average molecular weight is 262 g/mol. The van der Waals surface area contributed by atoms with Gasteiger partial charge in [-0.2, -0.15) is 13.2 Å². The van der Waals surface area contributed by atoms with E-state index in [0.29, 0.717) is 5.57 Å². The highest BCUT2D eigenvalue weighted by Gasteiger charge is 2.51. The quantitative estimate of drug-likeness (QED) is 0.727. The molecule has 4 heteroatoms. The number of hydrogen-bond acceptors (Lipinski definition) is 1. The highest BCUT2D eigenvalue weighted by molar-refractivity contribution is 5.32. The lowest BCUT2D eigenvalue weighted by Gasteiger charge is -2.39. The largest absolute Gasteiger partial charge is 0.398 e. The smallest absolute Gasteiger partial charge is 0.368 e. The van der Waals surface area contributed by atoms with E-state index >= 15 is 0 Å². The fraction of sp³-hybridized carbons (Fsp3) is 0.714. The van der Waals surface area contributed by atoms with Gasteiger partial charge in [-0.3, -0.25) is 0 Å². The Bertz CT molecular complexity index is 353. The molecule has 1 aliphatic rings. The van der Waals surface area contributed by atoms with E-state index in [0.717, 1.165) is 0 Å². The minimum Gasteiger partial charge on any atom is -0.368 e. The van der Waals surface area contributed by atoms with E-state index in [4.69, 9.17) is 4.74 Å². The maximum Gasteiger partial charge on any atom is 0.398 e. The molecule has 104 valence electrons. The predicted molar refractivity (Wildman–Crippen MR) is 66.2 cm³/mol. The summed E-state index contributed by atoms with van der Waals surface area (Å²) in [6, 6.07) is 0. The molecule has 1 rings (SSSR count). The first-order valence-electron chi connectivity index (χ1n) is 6.21. The van der Waals surface area contributed by atoms with Crippen molar-refractivity contribution in [3.63, 3.8) is 0 Å². The Hall–Kier alpha value is -0.770. The second-order valence-electron chi connectivity index (χ2n) is 5.52. The fourth-order valence-corrected chi connectivity index (χ4v) is 2.20. The van der Waals surface area contributed by atoms with Crippen molar-refractivity contribution in [2.24, 2.45) is 11.8 Å². The molecule has 0 heterocycles. The van der Waals surface area contributed by atoms with E-state index in [9.17, 15) is 13.2 Å². The minimum absolute atomic E-state index is 0.0784. The van der Waals surface area contributed by atoms with Crippen molar-refractivity contribution in [1.82, 2.24) is 0 Å². The van der Waals surface area contributed by atoms with Gasteiger partial charge in [0.25, 0.3) is 0 Å². The minimum atomic E-state index is -4.30. The highest BCUT2D eigenvalue weighted by Crippen LogP contribution is 2.43. The van der Waals surface area contributed by atoms with Crippen molar-refractivity contribution >= 4 is 0 Å². The summed E-state index contributed by atoms with van der Waals surface area (Å²) in [5.41, 5.74) is -0.604. The lowest BCUT2D eigenvalue weighted by Crippen LogP contribution is -2.46. The van der Waals surface area contributed by atoms with Crippen molar-refractivity contribution < 1.29 is 17.9 Å². The zero-order chi connectivity index (χ0) is 14.1. The van der Waals surface area contributed by atoms with Crippen LogP contribution in [0, 0.1) is 11.8 Å². The molecule has 0 radical (unpaired) electrons. The SMILES string of the molecule is CC(C)OC1(C)C=CC(C(C)C)=CC1C(F)(F)F. The van der Waals surface area contributed by atoms with E-state index in [1.54, 1.807) is 26.0 Å². The van der Waals surface area contributed by atoms with Gasteiger partial charge in [-0.25, -0.2) is 0 Å². The lowest BCUT2D eigenvalue weighted by atomic mass is 9.80. The van der Waals surface area contributed by atoms with Crippen LogP contribution >= 0.6 is 0 Å². The summed E-state index contributed by atoms with van der Waals surface area (Å²) in [6.07, 6.45) is 0.0377. The molecule has 0 amide bonds. The summed E-state index contributed by atoms with van der Waals surface area (Å²) in [4.78, 5) is 0. The molecule has 0 fully saturated rings. The molecular formula is C14H21F3O. The Balaban J connectivity index is 3.12. The first kappa shape index (κ1) is 15.3. The average Bonchev–Trinajstić information content (AvgIpc) is 2.13. The molecule has 0 aromatic heterocycles. The number of alkyl halides is 3. The fourth-order valence-electron chi connectivity index (χ4n) is 2.20. The lowest BCUT2D eigenvalue weighted by molar-refractivity contribution is -0.214. The van der Waals surface area contributed by atoms with Gasteiger partial charge in [-0.05, 0) is 32.3 Å². The number of ether oxygens (including phenoxy) is 1. The van der Waals surface area contributed by atoms with Crippen LogP contribution in [-0.4, -0.2) is 17.9 Å². The molecule has 0 aromatic rings. The molecule has 0 bridgehead atoms. The Morgan fingerprint density at radius 3 is 2.17 bits per heavy atom. The van der Waals surface area contributed by atoms with Crippen molar-refractivity contribution in [3.05, 3.63) is 23.8 Å². The monoisotopic (exact) mass is 262 g/mol. The Labute approximate surface area is 107 Å². The van der Waals surface area contributed by atoms with E-state index in [-0.39, 0.29) is 12.0 Å². The van der Waals surface area contributed by atoms with Gasteiger partial charge < -0.3 is 4.74 Å². The molecule has 2 unspecified atom stereocenters. The van der Waals surface area contributed by atoms with Crippen molar-refractivity contribution in [3.8, 4) is 0 Å². The third-order valence-corrected chi connectivity index (χ3v) is 3.09. The van der Waals surface area contributed by atoms with Gasteiger partial charge in [-0.1, -0.05) is 32.1 Å². The topological polar surface area (TPSA) is 9.23 Å². The van der Waals surface area contributed by atoms with Crippen LogP contribution in [0.1, 0.15) is 34.6 Å². The summed E-state index contributed by atoms with van der Waals surface area (Å²) in [5.74, 6) is -1.51. The van der Waals surface area contributed by atoms with Crippen LogP contribution in [0.5, 0.6) is 0 Å². The maximum absolute atomic E-state index is 13.2. The normalized spacial score (nSPS) is 29.0. The third kappa shape index (κ3) is 3.37. The molecule has 0 saturated heterocycles. The second kappa shape index (κ2) is 5.08. The van der Waals surface area contributed by atoms with Crippen molar-refractivity contribution in [2.45, 2.75) is 52.5 Å². The Morgan fingerprint density at radius 1 is 1.22 bits per heavy atom. The molecule has 0 saturated carbocycles. The van der Waals surface area contributed by atoms with Gasteiger partial charge in [0, 0.05) is 0 Å². The van der Waals surface area contributed by atoms with Crippen LogP contribution in [-0.2, 0) is 4.74 Å². The zero-order valence-electron chi connectivity index (χ0n) is 11.5. The molecule has 2 atom stereocenters. The Morgan fingerprint density at radius 2 is 1.78 bits per heavy atom. The third-order valence-electron chi connectivity index (χ3n) is 3.09. The number of hydrogen-bond donors (Lipinski definition) is 0. The molecule has 18 heavy (non-hydrogen) atoms. The van der Waals surface area contributed by atoms with Gasteiger partial charge >= 0.3 is 6.18 Å². The molecular weight excluding hydrogens is 241 g/mol. The van der Waals surface area contributed by atoms with E-state index < -0.39 is 17.7 Å². The molecule has 0 spiro atoms. The van der Waals surface area contributed by atoms with Crippen LogP contribution in [0.25, 0.3) is 0 Å².